The highest BCUT2D eigenvalue weighted by atomic mass is 16.3. The summed E-state index contributed by atoms with van der Waals surface area (Å²) in [5, 5.41) is 16.2. The van der Waals surface area contributed by atoms with Gasteiger partial charge in [0.25, 0.3) is 0 Å². The molecule has 2 atom stereocenters. The highest BCUT2D eigenvalue weighted by Crippen LogP contribution is 2.18. The van der Waals surface area contributed by atoms with Crippen molar-refractivity contribution in [2.75, 3.05) is 14.1 Å². The molecule has 0 aliphatic heterocycles. The van der Waals surface area contributed by atoms with Crippen LogP contribution < -0.4 is 10.6 Å². The molecule has 0 radical (unpaired) electrons. The van der Waals surface area contributed by atoms with Gasteiger partial charge < -0.3 is 15.7 Å². The van der Waals surface area contributed by atoms with Gasteiger partial charge in [-0.1, -0.05) is 12.8 Å². The molecule has 1 rings (SSSR count). The lowest BCUT2D eigenvalue weighted by Crippen LogP contribution is -2.48. The second kappa shape index (κ2) is 4.80. The zero-order valence-corrected chi connectivity index (χ0v) is 8.01. The number of hydrogen-bond acceptors (Lipinski definition) is 3. The minimum absolute atomic E-state index is 0.234. The van der Waals surface area contributed by atoms with E-state index in [-0.39, 0.29) is 18.2 Å². The maximum Gasteiger partial charge on any atom is 0.0845 e. The zero-order chi connectivity index (χ0) is 8.97. The van der Waals surface area contributed by atoms with E-state index in [0.29, 0.717) is 0 Å². The first-order chi connectivity index (χ1) is 5.79. The van der Waals surface area contributed by atoms with E-state index in [1.165, 1.54) is 12.8 Å². The summed E-state index contributed by atoms with van der Waals surface area (Å²) in [5.74, 6) is 0. The van der Waals surface area contributed by atoms with Crippen molar-refractivity contribution in [1.82, 2.24) is 10.6 Å². The van der Waals surface area contributed by atoms with E-state index in [2.05, 4.69) is 10.6 Å². The summed E-state index contributed by atoms with van der Waals surface area (Å²) in [7, 11) is 3.85. The minimum atomic E-state index is -0.234. The van der Waals surface area contributed by atoms with Crippen molar-refractivity contribution < 1.29 is 5.11 Å². The van der Waals surface area contributed by atoms with E-state index in [1.807, 2.05) is 14.1 Å². The van der Waals surface area contributed by atoms with Gasteiger partial charge in [0, 0.05) is 12.1 Å². The van der Waals surface area contributed by atoms with E-state index in [1.54, 1.807) is 0 Å². The lowest BCUT2D eigenvalue weighted by molar-refractivity contribution is 0.0945. The summed E-state index contributed by atoms with van der Waals surface area (Å²) >= 11 is 0. The van der Waals surface area contributed by atoms with Crippen molar-refractivity contribution in [3.63, 3.8) is 0 Å². The summed E-state index contributed by atoms with van der Waals surface area (Å²) in [6.45, 7) is 0. The molecule has 72 valence electrons. The van der Waals surface area contributed by atoms with Crippen LogP contribution in [0.1, 0.15) is 25.7 Å². The lowest BCUT2D eigenvalue weighted by atomic mass is 10.0. The second-order valence-electron chi connectivity index (χ2n) is 3.57. The highest BCUT2D eigenvalue weighted by molar-refractivity contribution is 4.87. The summed E-state index contributed by atoms with van der Waals surface area (Å²) in [6, 6.07) is 0.537. The third-order valence-corrected chi connectivity index (χ3v) is 2.85. The van der Waals surface area contributed by atoms with Crippen molar-refractivity contribution in [3.05, 3.63) is 0 Å². The van der Waals surface area contributed by atoms with Gasteiger partial charge in [-0.15, -0.1) is 0 Å². The molecule has 0 spiro atoms. The van der Waals surface area contributed by atoms with E-state index in [0.717, 1.165) is 12.8 Å². The molecule has 0 amide bonds. The lowest BCUT2D eigenvalue weighted by Gasteiger charge is -2.26. The van der Waals surface area contributed by atoms with Crippen molar-refractivity contribution in [3.8, 4) is 0 Å². The maximum atomic E-state index is 9.88. The Morgan fingerprint density at radius 1 is 1.00 bits per heavy atom. The van der Waals surface area contributed by atoms with Crippen molar-refractivity contribution in [2.45, 2.75) is 43.9 Å². The molecule has 0 aromatic carbocycles. The van der Waals surface area contributed by atoms with Crippen LogP contribution in [0.5, 0.6) is 0 Å². The van der Waals surface area contributed by atoms with Gasteiger partial charge in [0.1, 0.15) is 0 Å². The molecular weight excluding hydrogens is 152 g/mol. The molecule has 0 aromatic rings. The summed E-state index contributed by atoms with van der Waals surface area (Å²) in [6.07, 6.45) is 4.40. The molecule has 3 N–H and O–H groups in total. The summed E-state index contributed by atoms with van der Waals surface area (Å²) in [5.41, 5.74) is 0. The Hall–Kier alpha value is -0.120. The number of aliphatic hydroxyl groups excluding tert-OH is 1. The largest absolute Gasteiger partial charge is 0.390 e. The maximum absolute atomic E-state index is 9.88. The zero-order valence-electron chi connectivity index (χ0n) is 8.01. The van der Waals surface area contributed by atoms with Crippen LogP contribution in [0.25, 0.3) is 0 Å². The molecule has 3 nitrogen and oxygen atoms in total. The van der Waals surface area contributed by atoms with Gasteiger partial charge in [-0.2, -0.15) is 0 Å². The molecule has 1 saturated carbocycles. The first-order valence-electron chi connectivity index (χ1n) is 4.82. The fourth-order valence-corrected chi connectivity index (χ4v) is 1.98. The van der Waals surface area contributed by atoms with Gasteiger partial charge in [-0.05, 0) is 26.9 Å². The first kappa shape index (κ1) is 9.96. The Kier molecular flexibility index (Phi) is 3.98. The van der Waals surface area contributed by atoms with Crippen LogP contribution in [0.4, 0.5) is 0 Å². The molecule has 0 aromatic heterocycles. The van der Waals surface area contributed by atoms with E-state index >= 15 is 0 Å². The fraction of sp³-hybridized carbons (Fsp3) is 1.00. The van der Waals surface area contributed by atoms with Crippen molar-refractivity contribution in [2.24, 2.45) is 0 Å². The highest BCUT2D eigenvalue weighted by Gasteiger charge is 2.27. The second-order valence-corrected chi connectivity index (χ2v) is 3.57. The molecule has 1 aliphatic carbocycles. The van der Waals surface area contributed by atoms with Crippen molar-refractivity contribution >= 4 is 0 Å². The summed E-state index contributed by atoms with van der Waals surface area (Å²) < 4.78 is 0. The standard InChI is InChI=1S/C9H20N2O/c1-10-7-5-3-4-6-8(11-2)9(7)12/h7-12H,3-6H2,1-2H3/t7-,8-/m0/s1. The molecule has 0 saturated heterocycles. The molecule has 1 aliphatic rings. The molecule has 0 heterocycles. The van der Waals surface area contributed by atoms with Gasteiger partial charge in [0.05, 0.1) is 6.10 Å². The molecule has 12 heavy (non-hydrogen) atoms. The van der Waals surface area contributed by atoms with Gasteiger partial charge in [-0.25, -0.2) is 0 Å². The minimum Gasteiger partial charge on any atom is -0.390 e. The average molecular weight is 172 g/mol. The number of likely N-dealkylation sites (N-methyl/N-ethyl adjacent to an activating group) is 2. The fourth-order valence-electron chi connectivity index (χ4n) is 1.98. The van der Waals surface area contributed by atoms with Crippen molar-refractivity contribution in [1.29, 1.82) is 0 Å². The molecule has 3 heteroatoms. The first-order valence-corrected chi connectivity index (χ1v) is 4.82. The van der Waals surface area contributed by atoms with Gasteiger partial charge in [0.15, 0.2) is 0 Å². The number of nitrogens with one attached hydrogen (secondary N) is 2. The predicted molar refractivity (Wildman–Crippen MR) is 50.2 cm³/mol. The van der Waals surface area contributed by atoms with E-state index in [4.69, 9.17) is 0 Å². The van der Waals surface area contributed by atoms with Gasteiger partial charge in [-0.3, -0.25) is 0 Å². The molecule has 1 fully saturated rings. The van der Waals surface area contributed by atoms with Gasteiger partial charge in [0.2, 0.25) is 0 Å². The topological polar surface area (TPSA) is 44.3 Å². The smallest absolute Gasteiger partial charge is 0.0845 e. The Morgan fingerprint density at radius 3 is 1.75 bits per heavy atom. The van der Waals surface area contributed by atoms with Crippen LogP contribution in [0.3, 0.4) is 0 Å². The van der Waals surface area contributed by atoms with Crippen LogP contribution in [0.2, 0.25) is 0 Å². The van der Waals surface area contributed by atoms with Crippen LogP contribution in [-0.2, 0) is 0 Å². The average Bonchev–Trinajstić information content (AvgIpc) is 2.27. The van der Waals surface area contributed by atoms with E-state index in [9.17, 15) is 5.11 Å². The molecule has 0 unspecified atom stereocenters. The van der Waals surface area contributed by atoms with Crippen LogP contribution in [0, 0.1) is 0 Å². The van der Waals surface area contributed by atoms with Gasteiger partial charge >= 0.3 is 0 Å². The third-order valence-electron chi connectivity index (χ3n) is 2.85. The van der Waals surface area contributed by atoms with Crippen LogP contribution >= 0.6 is 0 Å². The van der Waals surface area contributed by atoms with E-state index < -0.39 is 0 Å². The predicted octanol–water partition coefficient (Wildman–Crippen LogP) is 0.0973. The number of rotatable bonds is 2. The molecule has 0 bridgehead atoms. The monoisotopic (exact) mass is 172 g/mol. The quantitative estimate of drug-likeness (QED) is 0.518. The number of hydrogen-bond donors (Lipinski definition) is 3. The SMILES string of the molecule is CN[C@H]1CCCC[C@H](NC)C1O. The number of aliphatic hydroxyl groups is 1. The Labute approximate surface area is 74.5 Å². The summed E-state index contributed by atoms with van der Waals surface area (Å²) in [4.78, 5) is 0. The van der Waals surface area contributed by atoms with Crippen LogP contribution in [0.15, 0.2) is 0 Å². The third kappa shape index (κ3) is 2.19. The Morgan fingerprint density at radius 2 is 1.42 bits per heavy atom. The Bertz CT molecular complexity index is 116. The Balaban J connectivity index is 2.53. The normalized spacial score (nSPS) is 33.2. The molecular formula is C9H20N2O. The van der Waals surface area contributed by atoms with Crippen LogP contribution in [-0.4, -0.2) is 37.4 Å².